The molecule has 2 N–H and O–H groups in total. The minimum Gasteiger partial charge on any atom is -0.492 e. The lowest BCUT2D eigenvalue weighted by Crippen LogP contribution is -2.30. The van der Waals surface area contributed by atoms with Gasteiger partial charge in [-0.3, -0.25) is 0 Å². The summed E-state index contributed by atoms with van der Waals surface area (Å²) in [6, 6.07) is 2.41. The molecule has 0 aliphatic carbocycles. The molecule has 0 fully saturated rings. The third-order valence-electron chi connectivity index (χ3n) is 1.33. The second-order valence-corrected chi connectivity index (χ2v) is 2.60. The first-order valence-electron chi connectivity index (χ1n) is 3.51. The molecule has 0 aliphatic rings. The monoisotopic (exact) mass is 186 g/mol. The molecule has 0 aliphatic heterocycles. The van der Waals surface area contributed by atoms with Crippen LogP contribution in [-0.2, 0) is 0 Å². The fourth-order valence-electron chi connectivity index (χ4n) is 0.655. The minimum absolute atomic E-state index is 0.340. The Morgan fingerprint density at radius 3 is 2.23 bits per heavy atom. The van der Waals surface area contributed by atoms with Crippen molar-refractivity contribution >= 4 is 6.09 Å². The summed E-state index contributed by atoms with van der Waals surface area (Å²) in [5, 5.41) is 18.1. The van der Waals surface area contributed by atoms with Crippen LogP contribution in [0, 0.1) is 0 Å². The average Bonchev–Trinajstić information content (AvgIpc) is 2.35. The van der Waals surface area contributed by atoms with Crippen molar-refractivity contribution in [3.8, 4) is 11.8 Å². The van der Waals surface area contributed by atoms with E-state index in [1.54, 1.807) is 0 Å². The van der Waals surface area contributed by atoms with Gasteiger partial charge in [-0.15, -0.1) is 4.73 Å². The topological polar surface area (TPSA) is 74.9 Å². The third kappa shape index (κ3) is 1.84. The lowest BCUT2D eigenvalue weighted by molar-refractivity contribution is 0.0865. The number of hydrogen-bond donors (Lipinski definition) is 2. The molecule has 1 amide bonds. The maximum Gasteiger partial charge on any atom is 0.434 e. The largest absolute Gasteiger partial charge is 0.492 e. The van der Waals surface area contributed by atoms with Crippen LogP contribution >= 0.6 is 0 Å². The average molecular weight is 186 g/mol. The molecule has 0 saturated carbocycles. The predicted molar refractivity (Wildman–Crippen MR) is 43.4 cm³/mol. The van der Waals surface area contributed by atoms with Gasteiger partial charge in [-0.1, -0.05) is 0 Å². The second-order valence-electron chi connectivity index (χ2n) is 2.60. The Hall–Kier alpha value is -1.85. The van der Waals surface area contributed by atoms with Crippen molar-refractivity contribution in [2.24, 2.45) is 0 Å². The lowest BCUT2D eigenvalue weighted by atomic mass is 10.6. The Morgan fingerprint density at radius 1 is 1.38 bits per heavy atom. The maximum atomic E-state index is 11.0. The van der Waals surface area contributed by atoms with E-state index in [1.807, 2.05) is 0 Å². The molecule has 0 aromatic carbocycles. The van der Waals surface area contributed by atoms with Gasteiger partial charge in [0, 0.05) is 26.2 Å². The Morgan fingerprint density at radius 2 is 1.85 bits per heavy atom. The Bertz CT molecular complexity index is 299. The van der Waals surface area contributed by atoms with Crippen LogP contribution in [0.1, 0.15) is 0 Å². The Labute approximate surface area is 74.5 Å². The smallest absolute Gasteiger partial charge is 0.434 e. The van der Waals surface area contributed by atoms with Gasteiger partial charge >= 0.3 is 6.09 Å². The van der Waals surface area contributed by atoms with E-state index >= 15 is 0 Å². The zero-order valence-corrected chi connectivity index (χ0v) is 7.26. The van der Waals surface area contributed by atoms with Crippen LogP contribution in [0.2, 0.25) is 0 Å². The fraction of sp³-hybridized carbons (Fsp3) is 0.286. The Kier molecular flexibility index (Phi) is 2.32. The van der Waals surface area contributed by atoms with Crippen molar-refractivity contribution < 1.29 is 19.8 Å². The molecule has 1 aromatic heterocycles. The van der Waals surface area contributed by atoms with Gasteiger partial charge in [0.1, 0.15) is 0 Å². The highest BCUT2D eigenvalue weighted by molar-refractivity contribution is 5.67. The van der Waals surface area contributed by atoms with Gasteiger partial charge in [-0.05, 0) is 0 Å². The number of amides is 1. The van der Waals surface area contributed by atoms with Gasteiger partial charge in [0.2, 0.25) is 11.8 Å². The molecule has 0 spiro atoms. The molecule has 6 nitrogen and oxygen atoms in total. The third-order valence-corrected chi connectivity index (χ3v) is 1.33. The van der Waals surface area contributed by atoms with Gasteiger partial charge < -0.3 is 20.0 Å². The van der Waals surface area contributed by atoms with Crippen LogP contribution in [0.4, 0.5) is 4.79 Å². The molecule has 6 heteroatoms. The number of aromatic hydroxyl groups is 2. The van der Waals surface area contributed by atoms with Crippen LogP contribution in [0.15, 0.2) is 12.1 Å². The number of hydrogen-bond acceptors (Lipinski definition) is 4. The highest BCUT2D eigenvalue weighted by Gasteiger charge is 2.12. The van der Waals surface area contributed by atoms with Crippen molar-refractivity contribution in [2.75, 3.05) is 14.1 Å². The second kappa shape index (κ2) is 3.26. The summed E-state index contributed by atoms with van der Waals surface area (Å²) in [5.74, 6) is -0.680. The number of carbonyl (C=O) groups is 1. The first-order chi connectivity index (χ1) is 6.02. The molecule has 1 heterocycles. The zero-order chi connectivity index (χ0) is 10.0. The number of nitrogens with zero attached hydrogens (tertiary/aromatic N) is 2. The van der Waals surface area contributed by atoms with E-state index in [9.17, 15) is 4.79 Å². The minimum atomic E-state index is -0.693. The number of rotatable bonds is 1. The van der Waals surface area contributed by atoms with Gasteiger partial charge in [0.25, 0.3) is 0 Å². The lowest BCUT2D eigenvalue weighted by Gasteiger charge is -2.11. The summed E-state index contributed by atoms with van der Waals surface area (Å²) in [7, 11) is 2.97. The van der Waals surface area contributed by atoms with Gasteiger partial charge in [-0.2, -0.15) is 0 Å². The highest BCUT2D eigenvalue weighted by atomic mass is 16.7. The van der Waals surface area contributed by atoms with Crippen LogP contribution < -0.4 is 4.84 Å². The number of carbonyl (C=O) groups excluding carboxylic acids is 1. The summed E-state index contributed by atoms with van der Waals surface area (Å²) in [6.07, 6.45) is -0.693. The van der Waals surface area contributed by atoms with Crippen LogP contribution in [0.5, 0.6) is 11.8 Å². The standard InChI is InChI=1S/C7H10N2O4/c1-8(2)7(12)13-9-5(10)3-4-6(9)11/h3-4,10-11H,1-2H3. The van der Waals surface area contributed by atoms with Gasteiger partial charge in [-0.25, -0.2) is 4.79 Å². The number of aromatic nitrogens is 1. The van der Waals surface area contributed by atoms with Gasteiger partial charge in [0.15, 0.2) is 0 Å². The quantitative estimate of drug-likeness (QED) is 0.647. The SMILES string of the molecule is CN(C)C(=O)On1c(O)ccc1O. The normalized spacial score (nSPS) is 9.69. The van der Waals surface area contributed by atoms with Crippen LogP contribution in [0.25, 0.3) is 0 Å². The van der Waals surface area contributed by atoms with Crippen molar-refractivity contribution in [1.29, 1.82) is 0 Å². The Balaban J connectivity index is 2.79. The van der Waals surface area contributed by atoms with E-state index in [1.165, 1.54) is 31.1 Å². The zero-order valence-electron chi connectivity index (χ0n) is 7.26. The predicted octanol–water partition coefficient (Wildman–Crippen LogP) is 0.00950. The summed E-state index contributed by atoms with van der Waals surface area (Å²) in [6.45, 7) is 0. The van der Waals surface area contributed by atoms with Crippen molar-refractivity contribution in [2.45, 2.75) is 0 Å². The van der Waals surface area contributed by atoms with E-state index in [-0.39, 0.29) is 11.8 Å². The molecule has 1 aromatic rings. The summed E-state index contributed by atoms with van der Waals surface area (Å²) in [4.78, 5) is 16.7. The molecule has 0 unspecified atom stereocenters. The van der Waals surface area contributed by atoms with Crippen molar-refractivity contribution in [3.05, 3.63) is 12.1 Å². The van der Waals surface area contributed by atoms with Crippen LogP contribution in [-0.4, -0.2) is 40.0 Å². The molecule has 72 valence electrons. The molecule has 1 rings (SSSR count). The highest BCUT2D eigenvalue weighted by Crippen LogP contribution is 2.18. The molecule has 0 saturated heterocycles. The summed E-state index contributed by atoms with van der Waals surface area (Å²) >= 11 is 0. The molecular weight excluding hydrogens is 176 g/mol. The van der Waals surface area contributed by atoms with E-state index in [0.717, 1.165) is 0 Å². The first-order valence-corrected chi connectivity index (χ1v) is 3.51. The summed E-state index contributed by atoms with van der Waals surface area (Å²) in [5.41, 5.74) is 0. The molecule has 0 radical (unpaired) electrons. The van der Waals surface area contributed by atoms with E-state index in [4.69, 9.17) is 10.2 Å². The first kappa shape index (κ1) is 9.24. The van der Waals surface area contributed by atoms with E-state index in [2.05, 4.69) is 4.84 Å². The molecular formula is C7H10N2O4. The van der Waals surface area contributed by atoms with Crippen LogP contribution in [0.3, 0.4) is 0 Å². The van der Waals surface area contributed by atoms with Crippen molar-refractivity contribution in [3.63, 3.8) is 0 Å². The summed E-state index contributed by atoms with van der Waals surface area (Å²) < 4.78 is 0.627. The van der Waals surface area contributed by atoms with Crippen molar-refractivity contribution in [1.82, 2.24) is 9.63 Å². The van der Waals surface area contributed by atoms with E-state index < -0.39 is 6.09 Å². The fourth-order valence-corrected chi connectivity index (χ4v) is 0.655. The van der Waals surface area contributed by atoms with Gasteiger partial charge in [0.05, 0.1) is 0 Å². The van der Waals surface area contributed by atoms with E-state index in [0.29, 0.717) is 4.73 Å². The molecule has 0 bridgehead atoms. The molecule has 0 atom stereocenters. The molecule has 13 heavy (non-hydrogen) atoms. The maximum absolute atomic E-state index is 11.0.